The summed E-state index contributed by atoms with van der Waals surface area (Å²) in [5.74, 6) is 6.07. The van der Waals surface area contributed by atoms with Crippen LogP contribution < -0.4 is 0 Å². The van der Waals surface area contributed by atoms with Crippen molar-refractivity contribution in [3.05, 3.63) is 35.4 Å². The highest BCUT2D eigenvalue weighted by Crippen LogP contribution is 2.23. The molecule has 1 N–H and O–H groups in total. The molecule has 3 nitrogen and oxygen atoms in total. The standard InChI is InChI=1S/C18H24O3/c1-14-11-18(12-15(2)21-14)20-13-17-9-4-3-7-16(17)8-5-6-10-19/h3-4,7,9,14-15,18-19H,6,10-13H2,1-2H3. The van der Waals surface area contributed by atoms with E-state index in [-0.39, 0.29) is 24.9 Å². The summed E-state index contributed by atoms with van der Waals surface area (Å²) in [6.45, 7) is 4.87. The van der Waals surface area contributed by atoms with Crippen LogP contribution in [-0.4, -0.2) is 30.0 Å². The highest BCUT2D eigenvalue weighted by Gasteiger charge is 2.24. The quantitative estimate of drug-likeness (QED) is 0.866. The van der Waals surface area contributed by atoms with Crippen molar-refractivity contribution in [1.82, 2.24) is 0 Å². The van der Waals surface area contributed by atoms with Gasteiger partial charge in [0.2, 0.25) is 0 Å². The van der Waals surface area contributed by atoms with Crippen molar-refractivity contribution in [3.63, 3.8) is 0 Å². The van der Waals surface area contributed by atoms with Gasteiger partial charge in [0.1, 0.15) is 0 Å². The highest BCUT2D eigenvalue weighted by atomic mass is 16.5. The third-order valence-corrected chi connectivity index (χ3v) is 3.61. The summed E-state index contributed by atoms with van der Waals surface area (Å²) in [6.07, 6.45) is 3.18. The second kappa shape index (κ2) is 8.19. The fourth-order valence-corrected chi connectivity index (χ4v) is 2.67. The van der Waals surface area contributed by atoms with Crippen molar-refractivity contribution in [2.45, 2.75) is 58.0 Å². The first kappa shape index (κ1) is 16.0. The van der Waals surface area contributed by atoms with Crippen LogP contribution in [0.1, 0.15) is 44.2 Å². The van der Waals surface area contributed by atoms with E-state index in [2.05, 4.69) is 31.8 Å². The van der Waals surface area contributed by atoms with E-state index >= 15 is 0 Å². The predicted octanol–water partition coefficient (Wildman–Crippen LogP) is 2.89. The summed E-state index contributed by atoms with van der Waals surface area (Å²) in [7, 11) is 0. The van der Waals surface area contributed by atoms with Crippen LogP contribution in [0, 0.1) is 11.8 Å². The van der Waals surface area contributed by atoms with Gasteiger partial charge in [0.15, 0.2) is 0 Å². The Morgan fingerprint density at radius 2 is 1.95 bits per heavy atom. The molecule has 1 aliphatic rings. The normalized spacial score (nSPS) is 25.2. The highest BCUT2D eigenvalue weighted by molar-refractivity contribution is 5.40. The molecule has 1 aromatic carbocycles. The van der Waals surface area contributed by atoms with Crippen LogP contribution in [0.25, 0.3) is 0 Å². The van der Waals surface area contributed by atoms with Crippen LogP contribution in [0.3, 0.4) is 0 Å². The van der Waals surface area contributed by atoms with Gasteiger partial charge in [-0.2, -0.15) is 0 Å². The summed E-state index contributed by atoms with van der Waals surface area (Å²) in [5, 5.41) is 8.80. The van der Waals surface area contributed by atoms with E-state index in [0.717, 1.165) is 24.0 Å². The number of hydrogen-bond acceptors (Lipinski definition) is 3. The minimum absolute atomic E-state index is 0.101. The molecule has 1 fully saturated rings. The van der Waals surface area contributed by atoms with Crippen molar-refractivity contribution < 1.29 is 14.6 Å². The number of aliphatic hydroxyl groups excluding tert-OH is 1. The second-order valence-electron chi connectivity index (χ2n) is 5.59. The molecule has 0 aliphatic carbocycles. The topological polar surface area (TPSA) is 38.7 Å². The molecule has 1 aromatic rings. The number of benzene rings is 1. The molecule has 2 unspecified atom stereocenters. The molecule has 0 spiro atoms. The molecule has 2 atom stereocenters. The Balaban J connectivity index is 1.95. The lowest BCUT2D eigenvalue weighted by molar-refractivity contribution is -0.106. The molecule has 2 rings (SSSR count). The van der Waals surface area contributed by atoms with Crippen LogP contribution in [0.5, 0.6) is 0 Å². The second-order valence-corrected chi connectivity index (χ2v) is 5.59. The van der Waals surface area contributed by atoms with Crippen LogP contribution in [0.15, 0.2) is 24.3 Å². The van der Waals surface area contributed by atoms with Crippen molar-refractivity contribution in [2.75, 3.05) is 6.61 Å². The van der Waals surface area contributed by atoms with Gasteiger partial charge in [-0.05, 0) is 38.3 Å². The van der Waals surface area contributed by atoms with Gasteiger partial charge < -0.3 is 14.6 Å². The van der Waals surface area contributed by atoms with E-state index in [4.69, 9.17) is 14.6 Å². The number of ether oxygens (including phenoxy) is 2. The molecule has 114 valence electrons. The zero-order valence-electron chi connectivity index (χ0n) is 12.8. The van der Waals surface area contributed by atoms with Crippen molar-refractivity contribution >= 4 is 0 Å². The Morgan fingerprint density at radius 3 is 2.67 bits per heavy atom. The van der Waals surface area contributed by atoms with Gasteiger partial charge in [-0.15, -0.1) is 0 Å². The van der Waals surface area contributed by atoms with E-state index in [9.17, 15) is 0 Å². The SMILES string of the molecule is CC1CC(OCc2ccccc2C#CCCO)CC(C)O1. The fourth-order valence-electron chi connectivity index (χ4n) is 2.67. The molecule has 1 aliphatic heterocycles. The molecule has 3 heteroatoms. The minimum atomic E-state index is 0.101. The average molecular weight is 288 g/mol. The van der Waals surface area contributed by atoms with E-state index in [1.165, 1.54) is 0 Å². The largest absolute Gasteiger partial charge is 0.395 e. The van der Waals surface area contributed by atoms with E-state index < -0.39 is 0 Å². The maximum absolute atomic E-state index is 8.80. The average Bonchev–Trinajstić information content (AvgIpc) is 2.45. The predicted molar refractivity (Wildman–Crippen MR) is 82.8 cm³/mol. The van der Waals surface area contributed by atoms with Gasteiger partial charge in [0.05, 0.1) is 31.5 Å². The first-order chi connectivity index (χ1) is 10.2. The summed E-state index contributed by atoms with van der Waals surface area (Å²) in [4.78, 5) is 0. The Morgan fingerprint density at radius 1 is 1.24 bits per heavy atom. The third-order valence-electron chi connectivity index (χ3n) is 3.61. The van der Waals surface area contributed by atoms with Crippen LogP contribution in [-0.2, 0) is 16.1 Å². The van der Waals surface area contributed by atoms with Crippen LogP contribution in [0.2, 0.25) is 0 Å². The van der Waals surface area contributed by atoms with Crippen LogP contribution in [0.4, 0.5) is 0 Å². The Hall–Kier alpha value is -1.34. The van der Waals surface area contributed by atoms with E-state index in [1.807, 2.05) is 18.2 Å². The summed E-state index contributed by atoms with van der Waals surface area (Å²) < 4.78 is 11.8. The van der Waals surface area contributed by atoms with Crippen molar-refractivity contribution in [1.29, 1.82) is 0 Å². The van der Waals surface area contributed by atoms with Gasteiger partial charge in [-0.25, -0.2) is 0 Å². The molecule has 0 aromatic heterocycles. The number of rotatable bonds is 4. The molecule has 21 heavy (non-hydrogen) atoms. The van der Waals surface area contributed by atoms with Gasteiger partial charge in [-0.3, -0.25) is 0 Å². The Labute approximate surface area is 127 Å². The first-order valence-corrected chi connectivity index (χ1v) is 7.63. The number of hydrogen-bond donors (Lipinski definition) is 1. The molecule has 0 radical (unpaired) electrons. The van der Waals surface area contributed by atoms with Crippen molar-refractivity contribution in [2.24, 2.45) is 0 Å². The molecule has 0 bridgehead atoms. The summed E-state index contributed by atoms with van der Waals surface area (Å²) in [6, 6.07) is 8.03. The lowest BCUT2D eigenvalue weighted by Crippen LogP contribution is -2.34. The zero-order chi connectivity index (χ0) is 15.1. The van der Waals surface area contributed by atoms with Crippen LogP contribution >= 0.6 is 0 Å². The molecule has 0 amide bonds. The van der Waals surface area contributed by atoms with E-state index in [0.29, 0.717) is 13.0 Å². The molecule has 1 saturated heterocycles. The lowest BCUT2D eigenvalue weighted by atomic mass is 10.0. The maximum atomic E-state index is 8.80. The summed E-state index contributed by atoms with van der Waals surface area (Å²) in [5.41, 5.74) is 2.09. The zero-order valence-corrected chi connectivity index (χ0v) is 12.8. The smallest absolute Gasteiger partial charge is 0.0732 e. The third kappa shape index (κ3) is 5.17. The first-order valence-electron chi connectivity index (χ1n) is 7.63. The molecular formula is C18H24O3. The van der Waals surface area contributed by atoms with E-state index in [1.54, 1.807) is 0 Å². The Kier molecular flexibility index (Phi) is 6.25. The monoisotopic (exact) mass is 288 g/mol. The van der Waals surface area contributed by atoms with Gasteiger partial charge >= 0.3 is 0 Å². The lowest BCUT2D eigenvalue weighted by Gasteiger charge is -2.32. The molecule has 0 saturated carbocycles. The molecule has 1 heterocycles. The van der Waals surface area contributed by atoms with Crippen molar-refractivity contribution in [3.8, 4) is 11.8 Å². The fraction of sp³-hybridized carbons (Fsp3) is 0.556. The molecular weight excluding hydrogens is 264 g/mol. The minimum Gasteiger partial charge on any atom is -0.395 e. The maximum Gasteiger partial charge on any atom is 0.0732 e. The van der Waals surface area contributed by atoms with Gasteiger partial charge in [-0.1, -0.05) is 30.0 Å². The van der Waals surface area contributed by atoms with Gasteiger partial charge in [0, 0.05) is 12.0 Å². The Bertz CT molecular complexity index is 491. The number of aliphatic hydroxyl groups is 1. The van der Waals surface area contributed by atoms with Gasteiger partial charge in [0.25, 0.3) is 0 Å². The summed E-state index contributed by atoms with van der Waals surface area (Å²) >= 11 is 0.